The van der Waals surface area contributed by atoms with Gasteiger partial charge < -0.3 is 0 Å². The number of hydrogen-bond donors (Lipinski definition) is 1. The summed E-state index contributed by atoms with van der Waals surface area (Å²) in [4.78, 5) is 17.5. The van der Waals surface area contributed by atoms with Gasteiger partial charge in [-0.2, -0.15) is 5.21 Å². The fourth-order valence-corrected chi connectivity index (χ4v) is 3.78. The number of aryl methyl sites for hydroxylation is 2. The van der Waals surface area contributed by atoms with Gasteiger partial charge in [-0.1, -0.05) is 50.1 Å². The summed E-state index contributed by atoms with van der Waals surface area (Å²) in [6.45, 7) is 5.33. The van der Waals surface area contributed by atoms with Gasteiger partial charge in [0.15, 0.2) is 0 Å². The first-order valence-corrected chi connectivity index (χ1v) is 10.8. The zero-order valence-corrected chi connectivity index (χ0v) is 18.0. The van der Waals surface area contributed by atoms with Crippen molar-refractivity contribution >= 4 is 0 Å². The van der Waals surface area contributed by atoms with Crippen LogP contribution in [0.15, 0.2) is 53.6 Å². The van der Waals surface area contributed by atoms with Crippen LogP contribution in [0.25, 0.3) is 22.5 Å². The first-order chi connectivity index (χ1) is 15.2. The molecule has 0 saturated carbocycles. The number of H-pyrrole nitrogens is 1. The third-order valence-electron chi connectivity index (χ3n) is 5.47. The lowest BCUT2D eigenvalue weighted by molar-refractivity contribution is 0.632. The maximum atomic E-state index is 12.8. The third-order valence-corrected chi connectivity index (χ3v) is 5.47. The number of imidazole rings is 1. The van der Waals surface area contributed by atoms with Crippen LogP contribution in [0.5, 0.6) is 0 Å². The quantitative estimate of drug-likeness (QED) is 0.419. The molecule has 0 atom stereocenters. The Morgan fingerprint density at radius 1 is 1.03 bits per heavy atom. The van der Waals surface area contributed by atoms with E-state index in [-0.39, 0.29) is 5.69 Å². The minimum atomic E-state index is 0.0299. The highest BCUT2D eigenvalue weighted by atomic mass is 16.1. The monoisotopic (exact) mass is 417 g/mol. The van der Waals surface area contributed by atoms with E-state index in [1.54, 1.807) is 4.57 Å². The number of nitrogens with zero attached hydrogens (tertiary/aromatic N) is 6. The number of rotatable bonds is 9. The smallest absolute Gasteiger partial charge is 0.299 e. The highest BCUT2D eigenvalue weighted by Crippen LogP contribution is 2.29. The van der Waals surface area contributed by atoms with Gasteiger partial charge in [0.1, 0.15) is 0 Å². The van der Waals surface area contributed by atoms with Crippen molar-refractivity contribution in [1.82, 2.24) is 34.7 Å². The molecule has 0 amide bonds. The van der Waals surface area contributed by atoms with Gasteiger partial charge in [0.25, 0.3) is 0 Å². The summed E-state index contributed by atoms with van der Waals surface area (Å²) >= 11 is 0. The molecule has 1 aromatic carbocycles. The second-order valence-electron chi connectivity index (χ2n) is 7.55. The number of tetrazole rings is 1. The molecule has 0 aliphatic carbocycles. The molecule has 8 heteroatoms. The third kappa shape index (κ3) is 4.47. The summed E-state index contributed by atoms with van der Waals surface area (Å²) in [5, 5.41) is 14.4. The van der Waals surface area contributed by atoms with E-state index in [1.807, 2.05) is 60.3 Å². The molecule has 160 valence electrons. The van der Waals surface area contributed by atoms with E-state index < -0.39 is 0 Å². The van der Waals surface area contributed by atoms with E-state index in [1.165, 1.54) is 0 Å². The van der Waals surface area contributed by atoms with E-state index in [0.717, 1.165) is 53.8 Å². The fourth-order valence-electron chi connectivity index (χ4n) is 3.78. The van der Waals surface area contributed by atoms with Crippen molar-refractivity contribution in [3.63, 3.8) is 0 Å². The van der Waals surface area contributed by atoms with Crippen LogP contribution in [0.3, 0.4) is 0 Å². The summed E-state index contributed by atoms with van der Waals surface area (Å²) in [5.74, 6) is 0.545. The molecule has 4 aromatic rings. The van der Waals surface area contributed by atoms with E-state index >= 15 is 0 Å². The molecule has 4 rings (SSSR count). The lowest BCUT2D eigenvalue weighted by Gasteiger charge is -2.09. The summed E-state index contributed by atoms with van der Waals surface area (Å²) in [7, 11) is 0. The van der Waals surface area contributed by atoms with Crippen LogP contribution in [0, 0.1) is 0 Å². The van der Waals surface area contributed by atoms with Crippen LogP contribution in [-0.2, 0) is 19.5 Å². The van der Waals surface area contributed by atoms with Gasteiger partial charge in [-0.25, -0.2) is 4.79 Å². The van der Waals surface area contributed by atoms with Gasteiger partial charge in [0.05, 0.1) is 12.2 Å². The van der Waals surface area contributed by atoms with Crippen LogP contribution in [0.4, 0.5) is 0 Å². The lowest BCUT2D eigenvalue weighted by Crippen LogP contribution is -2.25. The number of nitrogens with one attached hydrogen (secondary N) is 1. The van der Waals surface area contributed by atoms with Crippen LogP contribution < -0.4 is 5.69 Å². The van der Waals surface area contributed by atoms with Gasteiger partial charge in [0, 0.05) is 35.8 Å². The van der Waals surface area contributed by atoms with Gasteiger partial charge in [-0.3, -0.25) is 14.1 Å². The predicted molar refractivity (Wildman–Crippen MR) is 120 cm³/mol. The predicted octanol–water partition coefficient (Wildman–Crippen LogP) is 3.69. The Bertz CT molecular complexity index is 1170. The van der Waals surface area contributed by atoms with Crippen molar-refractivity contribution in [2.45, 2.75) is 52.6 Å². The van der Waals surface area contributed by atoms with Crippen molar-refractivity contribution in [3.8, 4) is 22.5 Å². The van der Waals surface area contributed by atoms with Gasteiger partial charge in [0.2, 0.25) is 5.82 Å². The van der Waals surface area contributed by atoms with E-state index in [2.05, 4.69) is 32.5 Å². The van der Waals surface area contributed by atoms with Crippen molar-refractivity contribution in [2.75, 3.05) is 0 Å². The van der Waals surface area contributed by atoms with Crippen LogP contribution >= 0.6 is 0 Å². The van der Waals surface area contributed by atoms with Crippen LogP contribution in [0.2, 0.25) is 0 Å². The Hall–Kier alpha value is -3.55. The summed E-state index contributed by atoms with van der Waals surface area (Å²) in [5.41, 5.74) is 4.80. The molecule has 0 unspecified atom stereocenters. The molecule has 0 spiro atoms. The van der Waals surface area contributed by atoms with E-state index in [0.29, 0.717) is 18.9 Å². The minimum absolute atomic E-state index is 0.0299. The molecule has 0 fully saturated rings. The molecule has 3 aromatic heterocycles. The number of unbranched alkanes of at least 4 members (excludes halogenated alkanes) is 2. The molecule has 3 heterocycles. The molecule has 0 aliphatic rings. The summed E-state index contributed by atoms with van der Waals surface area (Å²) in [6.07, 6.45) is 8.15. The number of aromatic nitrogens is 7. The van der Waals surface area contributed by atoms with Gasteiger partial charge >= 0.3 is 5.69 Å². The van der Waals surface area contributed by atoms with E-state index in [4.69, 9.17) is 0 Å². The second kappa shape index (κ2) is 9.51. The average Bonchev–Trinajstić information content (AvgIpc) is 3.44. The lowest BCUT2D eigenvalue weighted by atomic mass is 10.0. The highest BCUT2D eigenvalue weighted by Gasteiger charge is 2.13. The largest absolute Gasteiger partial charge is 0.328 e. The molecular weight excluding hydrogens is 390 g/mol. The Kier molecular flexibility index (Phi) is 6.35. The maximum absolute atomic E-state index is 12.8. The molecule has 0 saturated heterocycles. The van der Waals surface area contributed by atoms with Crippen LogP contribution in [-0.4, -0.2) is 34.7 Å². The highest BCUT2D eigenvalue weighted by molar-refractivity contribution is 5.79. The number of aromatic amines is 1. The topological polar surface area (TPSA) is 94.3 Å². The molecule has 31 heavy (non-hydrogen) atoms. The summed E-state index contributed by atoms with van der Waals surface area (Å²) < 4.78 is 3.63. The average molecular weight is 418 g/mol. The fraction of sp³-hybridized carbons (Fsp3) is 0.348. The minimum Gasteiger partial charge on any atom is -0.299 e. The summed E-state index contributed by atoms with van der Waals surface area (Å²) in [6, 6.07) is 11.9. The maximum Gasteiger partial charge on any atom is 0.328 e. The number of pyridine rings is 1. The number of hydrogen-bond acceptors (Lipinski definition) is 5. The van der Waals surface area contributed by atoms with E-state index in [9.17, 15) is 4.79 Å². The van der Waals surface area contributed by atoms with Crippen LogP contribution in [0.1, 0.15) is 44.5 Å². The first-order valence-electron chi connectivity index (χ1n) is 10.8. The zero-order chi connectivity index (χ0) is 21.6. The number of benzene rings is 1. The standard InChI is InChI=1S/C23H27N7O/c1-3-5-6-9-19-16-29(4-2)23(31)30(19)15-18-13-12-17(14-24-18)20-10-7-8-11-21(20)22-25-27-28-26-22/h7-8,10-14,16H,3-6,9,15H2,1-2H3,(H,25,26,27,28). The molecule has 0 bridgehead atoms. The SMILES string of the molecule is CCCCCc1cn(CC)c(=O)n1Cc1ccc(-c2ccccc2-c2nn[nH]n2)cn1. The Morgan fingerprint density at radius 2 is 1.87 bits per heavy atom. The van der Waals surface area contributed by atoms with Crippen molar-refractivity contribution in [2.24, 2.45) is 0 Å². The van der Waals surface area contributed by atoms with Crippen molar-refractivity contribution in [3.05, 3.63) is 70.7 Å². The Labute approximate surface area is 181 Å². The van der Waals surface area contributed by atoms with Gasteiger partial charge in [-0.05, 0) is 36.6 Å². The van der Waals surface area contributed by atoms with Crippen molar-refractivity contribution in [1.29, 1.82) is 0 Å². The molecule has 0 aliphatic heterocycles. The Morgan fingerprint density at radius 3 is 2.55 bits per heavy atom. The molecule has 1 N–H and O–H groups in total. The molecule has 8 nitrogen and oxygen atoms in total. The normalized spacial score (nSPS) is 11.2. The molecule has 0 radical (unpaired) electrons. The zero-order valence-electron chi connectivity index (χ0n) is 18.0. The second-order valence-corrected chi connectivity index (χ2v) is 7.55. The van der Waals surface area contributed by atoms with Gasteiger partial charge in [-0.15, -0.1) is 10.2 Å². The Balaban J connectivity index is 1.60. The molecular formula is C23H27N7O. The first kappa shape index (κ1) is 20.7. The van der Waals surface area contributed by atoms with Crippen molar-refractivity contribution < 1.29 is 0 Å².